The van der Waals surface area contributed by atoms with E-state index in [-0.39, 0.29) is 0 Å². The molecule has 12 heavy (non-hydrogen) atoms. The van der Waals surface area contributed by atoms with Gasteiger partial charge in [0.15, 0.2) is 0 Å². The fourth-order valence-corrected chi connectivity index (χ4v) is 1.59. The fraction of sp³-hybridized carbons (Fsp3) is 0.400. The van der Waals surface area contributed by atoms with Crippen LogP contribution >= 0.6 is 11.6 Å². The van der Waals surface area contributed by atoms with Crippen molar-refractivity contribution in [1.82, 2.24) is 0 Å². The van der Waals surface area contributed by atoms with Crippen molar-refractivity contribution in [2.24, 2.45) is 0 Å². The summed E-state index contributed by atoms with van der Waals surface area (Å²) in [6, 6.07) is 4.11. The number of benzene rings is 1. The molecule has 0 N–H and O–H groups in total. The number of ether oxygens (including phenoxy) is 1. The Morgan fingerprint density at radius 2 is 1.75 bits per heavy atom. The Kier molecular flexibility index (Phi) is 2.99. The summed E-state index contributed by atoms with van der Waals surface area (Å²) in [4.78, 5) is 0. The molecule has 0 amide bonds. The second kappa shape index (κ2) is 3.81. The van der Waals surface area contributed by atoms with Crippen LogP contribution in [-0.4, -0.2) is 7.11 Å². The van der Waals surface area contributed by atoms with Crippen LogP contribution in [0.15, 0.2) is 12.1 Å². The second-order valence-corrected chi connectivity index (χ2v) is 3.16. The third kappa shape index (κ3) is 1.72. The summed E-state index contributed by atoms with van der Waals surface area (Å²) < 4.78 is 5.23. The van der Waals surface area contributed by atoms with Gasteiger partial charge in [0, 0.05) is 5.88 Å². The molecular weight excluding hydrogens is 172 g/mol. The van der Waals surface area contributed by atoms with Crippen LogP contribution in [0, 0.1) is 13.8 Å². The molecule has 0 aliphatic heterocycles. The second-order valence-electron chi connectivity index (χ2n) is 2.90. The number of alkyl halides is 1. The van der Waals surface area contributed by atoms with E-state index in [1.165, 1.54) is 0 Å². The Morgan fingerprint density at radius 1 is 1.25 bits per heavy atom. The van der Waals surface area contributed by atoms with Crippen LogP contribution in [0.2, 0.25) is 0 Å². The van der Waals surface area contributed by atoms with Crippen molar-refractivity contribution < 1.29 is 4.74 Å². The van der Waals surface area contributed by atoms with Crippen LogP contribution < -0.4 is 4.74 Å². The highest BCUT2D eigenvalue weighted by atomic mass is 35.5. The monoisotopic (exact) mass is 184 g/mol. The van der Waals surface area contributed by atoms with Gasteiger partial charge >= 0.3 is 0 Å². The summed E-state index contributed by atoms with van der Waals surface area (Å²) in [5, 5.41) is 0. The molecule has 0 atom stereocenters. The van der Waals surface area contributed by atoms with Gasteiger partial charge in [0.1, 0.15) is 5.75 Å². The summed E-state index contributed by atoms with van der Waals surface area (Å²) in [6.45, 7) is 4.06. The molecule has 0 aliphatic rings. The highest BCUT2D eigenvalue weighted by Crippen LogP contribution is 2.24. The Bertz CT molecular complexity index is 258. The van der Waals surface area contributed by atoms with Crippen LogP contribution in [0.5, 0.6) is 5.75 Å². The molecule has 0 heterocycles. The smallest absolute Gasteiger partial charge is 0.124 e. The minimum Gasteiger partial charge on any atom is -0.496 e. The summed E-state index contributed by atoms with van der Waals surface area (Å²) >= 11 is 5.73. The minimum absolute atomic E-state index is 0.561. The Labute approximate surface area is 78.3 Å². The molecule has 2 heteroatoms. The Balaban J connectivity index is 3.18. The molecule has 0 bridgehead atoms. The number of halogens is 1. The maximum Gasteiger partial charge on any atom is 0.124 e. The molecule has 0 aliphatic carbocycles. The van der Waals surface area contributed by atoms with Crippen molar-refractivity contribution >= 4 is 11.6 Å². The SMILES string of the molecule is COc1c(C)cc(CCl)cc1C. The zero-order chi connectivity index (χ0) is 9.14. The molecule has 1 aromatic carbocycles. The minimum atomic E-state index is 0.561. The molecule has 1 rings (SSSR count). The van der Waals surface area contributed by atoms with E-state index < -0.39 is 0 Å². The average molecular weight is 185 g/mol. The van der Waals surface area contributed by atoms with Crippen LogP contribution in [0.25, 0.3) is 0 Å². The highest BCUT2D eigenvalue weighted by Gasteiger charge is 2.03. The van der Waals surface area contributed by atoms with Gasteiger partial charge in [-0.25, -0.2) is 0 Å². The van der Waals surface area contributed by atoms with Crippen LogP contribution in [0.3, 0.4) is 0 Å². The van der Waals surface area contributed by atoms with E-state index in [4.69, 9.17) is 16.3 Å². The lowest BCUT2D eigenvalue weighted by Gasteiger charge is -2.09. The van der Waals surface area contributed by atoms with Gasteiger partial charge in [-0.3, -0.25) is 0 Å². The Morgan fingerprint density at radius 3 is 2.08 bits per heavy atom. The van der Waals surface area contributed by atoms with E-state index in [1.54, 1.807) is 7.11 Å². The first-order valence-corrected chi connectivity index (χ1v) is 4.42. The van der Waals surface area contributed by atoms with Gasteiger partial charge in [-0.05, 0) is 30.5 Å². The summed E-state index contributed by atoms with van der Waals surface area (Å²) in [5.74, 6) is 1.52. The zero-order valence-corrected chi connectivity index (χ0v) is 8.40. The number of rotatable bonds is 2. The quantitative estimate of drug-likeness (QED) is 0.642. The van der Waals surface area contributed by atoms with E-state index in [2.05, 4.69) is 12.1 Å². The first kappa shape index (κ1) is 9.40. The molecule has 0 unspecified atom stereocenters. The van der Waals surface area contributed by atoms with Crippen molar-refractivity contribution in [2.45, 2.75) is 19.7 Å². The number of aryl methyl sites for hydroxylation is 2. The lowest BCUT2D eigenvalue weighted by atomic mass is 10.1. The van der Waals surface area contributed by atoms with E-state index in [0.717, 1.165) is 22.4 Å². The first-order valence-electron chi connectivity index (χ1n) is 3.89. The third-order valence-electron chi connectivity index (χ3n) is 1.88. The predicted octanol–water partition coefficient (Wildman–Crippen LogP) is 3.05. The summed E-state index contributed by atoms with van der Waals surface area (Å²) in [7, 11) is 1.69. The van der Waals surface area contributed by atoms with E-state index in [9.17, 15) is 0 Å². The van der Waals surface area contributed by atoms with Crippen molar-refractivity contribution in [3.8, 4) is 5.75 Å². The molecule has 0 saturated heterocycles. The summed E-state index contributed by atoms with van der Waals surface area (Å²) in [6.07, 6.45) is 0. The lowest BCUT2D eigenvalue weighted by molar-refractivity contribution is 0.408. The normalized spacial score (nSPS) is 10.0. The van der Waals surface area contributed by atoms with Gasteiger partial charge in [-0.2, -0.15) is 0 Å². The fourth-order valence-electron chi connectivity index (χ4n) is 1.44. The molecule has 1 nitrogen and oxygen atoms in total. The van der Waals surface area contributed by atoms with Crippen molar-refractivity contribution in [3.05, 3.63) is 28.8 Å². The molecule has 0 radical (unpaired) electrons. The predicted molar refractivity (Wildman–Crippen MR) is 52.0 cm³/mol. The molecule has 0 fully saturated rings. The maximum atomic E-state index is 5.73. The van der Waals surface area contributed by atoms with E-state index >= 15 is 0 Å². The molecule has 0 aromatic heterocycles. The number of hydrogen-bond acceptors (Lipinski definition) is 1. The number of hydrogen-bond donors (Lipinski definition) is 0. The van der Waals surface area contributed by atoms with Crippen LogP contribution in [0.1, 0.15) is 16.7 Å². The van der Waals surface area contributed by atoms with Crippen molar-refractivity contribution in [2.75, 3.05) is 7.11 Å². The highest BCUT2D eigenvalue weighted by molar-refractivity contribution is 6.17. The van der Waals surface area contributed by atoms with Gasteiger partial charge in [0.05, 0.1) is 7.11 Å². The first-order chi connectivity index (χ1) is 5.69. The molecule has 0 spiro atoms. The molecule has 0 saturated carbocycles. The van der Waals surface area contributed by atoms with Gasteiger partial charge < -0.3 is 4.74 Å². The topological polar surface area (TPSA) is 9.23 Å². The molecular formula is C10H13ClO. The average Bonchev–Trinajstić information content (AvgIpc) is 2.03. The summed E-state index contributed by atoms with van der Waals surface area (Å²) in [5.41, 5.74) is 3.44. The third-order valence-corrected chi connectivity index (χ3v) is 2.19. The molecule has 1 aromatic rings. The number of methoxy groups -OCH3 is 1. The van der Waals surface area contributed by atoms with Crippen LogP contribution in [0.4, 0.5) is 0 Å². The standard InChI is InChI=1S/C10H13ClO/c1-7-4-9(6-11)5-8(2)10(7)12-3/h4-5H,6H2,1-3H3. The van der Waals surface area contributed by atoms with E-state index in [1.807, 2.05) is 13.8 Å². The van der Waals surface area contributed by atoms with Gasteiger partial charge in [0.2, 0.25) is 0 Å². The van der Waals surface area contributed by atoms with Gasteiger partial charge in [-0.15, -0.1) is 11.6 Å². The van der Waals surface area contributed by atoms with Gasteiger partial charge in [-0.1, -0.05) is 12.1 Å². The maximum absolute atomic E-state index is 5.73. The van der Waals surface area contributed by atoms with Crippen LogP contribution in [-0.2, 0) is 5.88 Å². The van der Waals surface area contributed by atoms with Crippen molar-refractivity contribution in [3.63, 3.8) is 0 Å². The Hall–Kier alpha value is -0.690. The largest absolute Gasteiger partial charge is 0.496 e. The lowest BCUT2D eigenvalue weighted by Crippen LogP contribution is -1.92. The van der Waals surface area contributed by atoms with Crippen molar-refractivity contribution in [1.29, 1.82) is 0 Å². The van der Waals surface area contributed by atoms with E-state index in [0.29, 0.717) is 5.88 Å². The molecule has 66 valence electrons. The zero-order valence-electron chi connectivity index (χ0n) is 7.65. The van der Waals surface area contributed by atoms with Gasteiger partial charge in [0.25, 0.3) is 0 Å².